The van der Waals surface area contributed by atoms with Crippen LogP contribution in [0.15, 0.2) is 29.4 Å². The van der Waals surface area contributed by atoms with E-state index in [2.05, 4.69) is 20.0 Å². The van der Waals surface area contributed by atoms with Gasteiger partial charge >= 0.3 is 6.61 Å². The Morgan fingerprint density at radius 1 is 1.36 bits per heavy atom. The van der Waals surface area contributed by atoms with Gasteiger partial charge in [-0.15, -0.1) is 0 Å². The van der Waals surface area contributed by atoms with Gasteiger partial charge in [-0.3, -0.25) is 4.79 Å². The van der Waals surface area contributed by atoms with Gasteiger partial charge in [-0.25, -0.2) is 18.8 Å². The molecule has 3 N–H and O–H groups in total. The van der Waals surface area contributed by atoms with Gasteiger partial charge in [0.25, 0.3) is 11.9 Å². The summed E-state index contributed by atoms with van der Waals surface area (Å²) in [4.78, 5) is 20.7. The van der Waals surface area contributed by atoms with Crippen LogP contribution in [0.1, 0.15) is 35.5 Å². The first kappa shape index (κ1) is 24.6. The highest BCUT2D eigenvalue weighted by Crippen LogP contribution is 2.44. The number of benzene rings is 1. The third kappa shape index (κ3) is 4.82. The number of hydrogen-bond donors (Lipinski definition) is 2. The molecule has 2 heterocycles. The monoisotopic (exact) mass is 488 g/mol. The van der Waals surface area contributed by atoms with E-state index in [1.54, 1.807) is 13.8 Å². The van der Waals surface area contributed by atoms with Gasteiger partial charge in [0.1, 0.15) is 35.6 Å². The van der Waals surface area contributed by atoms with Crippen molar-refractivity contribution in [1.82, 2.24) is 4.98 Å². The molecule has 12 heteroatoms. The summed E-state index contributed by atoms with van der Waals surface area (Å²) in [5.41, 5.74) is 4.15. The molecule has 33 heavy (non-hydrogen) atoms. The van der Waals surface area contributed by atoms with Gasteiger partial charge in [0.2, 0.25) is 0 Å². The molecule has 178 valence electrons. The minimum atomic E-state index is -3.05. The molecule has 0 bridgehead atoms. The number of hydrogen-bond acceptors (Lipinski definition) is 6. The Hall–Kier alpha value is -3.08. The van der Waals surface area contributed by atoms with Gasteiger partial charge in [0, 0.05) is 17.2 Å². The number of pyridine rings is 1. The number of carbonyl (C=O) groups excluding carboxylic acids is 1. The van der Waals surface area contributed by atoms with Crippen molar-refractivity contribution in [3.63, 3.8) is 0 Å². The summed E-state index contributed by atoms with van der Waals surface area (Å²) < 4.78 is 63.4. The van der Waals surface area contributed by atoms with Gasteiger partial charge < -0.3 is 20.5 Å². The molecule has 1 aliphatic heterocycles. The number of nitrogens with two attached hydrogens (primary N) is 1. The van der Waals surface area contributed by atoms with Crippen LogP contribution in [0.5, 0.6) is 5.75 Å². The lowest BCUT2D eigenvalue weighted by Gasteiger charge is -2.41. The highest BCUT2D eigenvalue weighted by atomic mass is 35.5. The minimum Gasteiger partial charge on any atom is -0.462 e. The molecule has 0 aliphatic carbocycles. The van der Waals surface area contributed by atoms with Crippen molar-refractivity contribution in [2.45, 2.75) is 39.0 Å². The van der Waals surface area contributed by atoms with Crippen LogP contribution < -0.4 is 15.8 Å². The predicted octanol–water partition coefficient (Wildman–Crippen LogP) is 4.57. The van der Waals surface area contributed by atoms with Crippen LogP contribution in [-0.2, 0) is 10.3 Å². The van der Waals surface area contributed by atoms with Crippen LogP contribution in [0, 0.1) is 18.7 Å². The van der Waals surface area contributed by atoms with E-state index in [0.717, 1.165) is 12.3 Å². The number of anilines is 1. The summed E-state index contributed by atoms with van der Waals surface area (Å²) in [5.74, 6) is -2.47. The summed E-state index contributed by atoms with van der Waals surface area (Å²) in [6.07, 6.45) is 0.416. The summed E-state index contributed by atoms with van der Waals surface area (Å²) >= 11 is 6.17. The summed E-state index contributed by atoms with van der Waals surface area (Å²) in [6.45, 7) is 0.703. The maximum atomic E-state index is 14.7. The zero-order valence-electron chi connectivity index (χ0n) is 17.8. The molecule has 1 aromatic heterocycles. The first-order valence-electron chi connectivity index (χ1n) is 9.78. The number of alkyl halides is 3. The van der Waals surface area contributed by atoms with E-state index in [0.29, 0.717) is 0 Å². The predicted molar refractivity (Wildman–Crippen MR) is 114 cm³/mol. The quantitative estimate of drug-likeness (QED) is 0.580. The highest BCUT2D eigenvalue weighted by Gasteiger charge is 2.47. The summed E-state index contributed by atoms with van der Waals surface area (Å²) in [5, 5.41) is 2.09. The molecule has 0 fully saturated rings. The van der Waals surface area contributed by atoms with Crippen molar-refractivity contribution in [2.75, 3.05) is 12.0 Å². The smallest absolute Gasteiger partial charge is 0.387 e. The third-order valence-electron chi connectivity index (χ3n) is 5.52. The fourth-order valence-electron chi connectivity index (χ4n) is 3.66. The summed E-state index contributed by atoms with van der Waals surface area (Å²) in [6, 6.07) is 3.20. The van der Waals surface area contributed by atoms with E-state index in [-0.39, 0.29) is 39.3 Å². The highest BCUT2D eigenvalue weighted by molar-refractivity contribution is 6.31. The second-order valence-corrected chi connectivity index (χ2v) is 7.99. The Balaban J connectivity index is 1.98. The number of carbonyl (C=O) groups is 1. The number of amidine groups is 1. The Labute approximate surface area is 191 Å². The van der Waals surface area contributed by atoms with Crippen molar-refractivity contribution in [3.8, 4) is 5.75 Å². The summed E-state index contributed by atoms with van der Waals surface area (Å²) in [7, 11) is 0. The van der Waals surface area contributed by atoms with Crippen molar-refractivity contribution in [1.29, 1.82) is 0 Å². The molecular formula is C21H21ClF4N4O3. The second-order valence-electron chi connectivity index (χ2n) is 7.61. The molecule has 7 nitrogen and oxygen atoms in total. The fourth-order valence-corrected chi connectivity index (χ4v) is 3.93. The lowest BCUT2D eigenvalue weighted by atomic mass is 9.77. The maximum absolute atomic E-state index is 14.7. The second kappa shape index (κ2) is 9.42. The molecule has 1 amide bonds. The van der Waals surface area contributed by atoms with Gasteiger partial charge in [-0.05, 0) is 37.6 Å². The molecule has 0 unspecified atom stereocenters. The lowest BCUT2D eigenvalue weighted by Crippen LogP contribution is -2.48. The van der Waals surface area contributed by atoms with E-state index in [1.165, 1.54) is 19.1 Å². The molecule has 1 aliphatic rings. The largest absolute Gasteiger partial charge is 0.462 e. The van der Waals surface area contributed by atoms with Gasteiger partial charge in [0.05, 0.1) is 11.2 Å². The number of aliphatic imine (C=N–C) groups is 1. The van der Waals surface area contributed by atoms with Crippen LogP contribution in [0.4, 0.5) is 23.2 Å². The normalized spacial score (nSPS) is 22.5. The average Bonchev–Trinajstić information content (AvgIpc) is 2.72. The number of halogens is 5. The van der Waals surface area contributed by atoms with Crippen molar-refractivity contribution >= 4 is 29.2 Å². The number of rotatable bonds is 6. The molecule has 3 atom stereocenters. The Morgan fingerprint density at radius 2 is 2.06 bits per heavy atom. The van der Waals surface area contributed by atoms with Crippen LogP contribution >= 0.6 is 11.6 Å². The number of ether oxygens (including phenoxy) is 2. The number of aromatic nitrogens is 1. The van der Waals surface area contributed by atoms with E-state index in [1.807, 2.05) is 0 Å². The van der Waals surface area contributed by atoms with Gasteiger partial charge in [0.15, 0.2) is 0 Å². The standard InChI is InChI=1S/C21H21ClF4N4O3/c1-9-4-13(33-19(25)26)7-28-17(9)18(31)29-12-5-14(16(22)15(24)6-12)21(8-23)10(2)11(3)32-20(27)30-21/h4-7,10-11,19H,8H2,1-3H3,(H2,27,30)(H,29,31)/t10-,11+,21-/m1/s1. The maximum Gasteiger partial charge on any atom is 0.387 e. The van der Waals surface area contributed by atoms with Crippen LogP contribution in [0.3, 0.4) is 0 Å². The van der Waals surface area contributed by atoms with Gasteiger partial charge in [-0.1, -0.05) is 18.5 Å². The molecular weight excluding hydrogens is 468 g/mol. The number of aryl methyl sites for hydroxylation is 1. The van der Waals surface area contributed by atoms with Gasteiger partial charge in [-0.2, -0.15) is 8.78 Å². The van der Waals surface area contributed by atoms with Crippen LogP contribution in [0.25, 0.3) is 0 Å². The number of nitrogens with one attached hydrogen (secondary N) is 1. The molecule has 0 spiro atoms. The van der Waals surface area contributed by atoms with Crippen LogP contribution in [-0.4, -0.2) is 36.3 Å². The first-order valence-corrected chi connectivity index (χ1v) is 10.2. The number of amides is 1. The Morgan fingerprint density at radius 3 is 2.67 bits per heavy atom. The molecule has 3 rings (SSSR count). The first-order chi connectivity index (χ1) is 15.5. The SMILES string of the molecule is Cc1cc(OC(F)F)cnc1C(=O)Nc1cc(F)c(Cl)c([C@]2(CF)N=C(N)O[C@@H](C)[C@H]2C)c1. The molecule has 0 saturated heterocycles. The van der Waals surface area contributed by atoms with Crippen molar-refractivity contribution in [3.05, 3.63) is 52.1 Å². The zero-order valence-corrected chi connectivity index (χ0v) is 18.6. The lowest BCUT2D eigenvalue weighted by molar-refractivity contribution is -0.0501. The van der Waals surface area contributed by atoms with E-state index >= 15 is 0 Å². The average molecular weight is 489 g/mol. The Bertz CT molecular complexity index is 1100. The minimum absolute atomic E-state index is 0.0158. The Kier molecular flexibility index (Phi) is 7.01. The topological polar surface area (TPSA) is 98.8 Å². The number of nitrogens with zero attached hydrogens (tertiary/aromatic N) is 2. The molecule has 2 aromatic rings. The van der Waals surface area contributed by atoms with E-state index in [9.17, 15) is 22.4 Å². The van der Waals surface area contributed by atoms with Crippen LogP contribution in [0.2, 0.25) is 5.02 Å². The third-order valence-corrected chi connectivity index (χ3v) is 5.91. The zero-order chi connectivity index (χ0) is 24.5. The fraction of sp³-hybridized carbons (Fsp3) is 0.381. The molecule has 0 radical (unpaired) electrons. The van der Waals surface area contributed by atoms with Crippen molar-refractivity contribution in [2.24, 2.45) is 16.6 Å². The van der Waals surface area contributed by atoms with E-state index < -0.39 is 42.6 Å². The molecule has 1 aromatic carbocycles. The molecule has 0 saturated carbocycles. The van der Waals surface area contributed by atoms with Crippen molar-refractivity contribution < 1.29 is 31.8 Å². The van der Waals surface area contributed by atoms with E-state index in [4.69, 9.17) is 22.1 Å².